The molecule has 0 bridgehead atoms. The van der Waals surface area contributed by atoms with Gasteiger partial charge >= 0.3 is 0 Å². The second-order valence-corrected chi connectivity index (χ2v) is 7.12. The van der Waals surface area contributed by atoms with E-state index < -0.39 is 0 Å². The zero-order valence-corrected chi connectivity index (χ0v) is 14.7. The van der Waals surface area contributed by atoms with E-state index in [1.54, 1.807) is 6.07 Å². The molecule has 0 spiro atoms. The lowest BCUT2D eigenvalue weighted by atomic mass is 10.1. The van der Waals surface area contributed by atoms with Gasteiger partial charge in [0.05, 0.1) is 5.39 Å². The van der Waals surface area contributed by atoms with Crippen LogP contribution in [-0.4, -0.2) is 17.1 Å². The Morgan fingerprint density at radius 3 is 2.62 bits per heavy atom. The molecule has 5 heteroatoms. The number of rotatable bonds is 3. The lowest BCUT2D eigenvalue weighted by Gasteiger charge is -2.11. The fourth-order valence-corrected chi connectivity index (χ4v) is 3.50. The van der Waals surface area contributed by atoms with E-state index in [0.717, 1.165) is 33.8 Å². The fourth-order valence-electron chi connectivity index (χ4n) is 3.23. The Balaban J connectivity index is 1.67. The number of hydrogen-bond donors (Lipinski definition) is 1. The molecule has 3 aromatic rings. The molecule has 0 radical (unpaired) electrons. The number of nitrogens with zero attached hydrogens (tertiary/aromatic N) is 1. The van der Waals surface area contributed by atoms with Crippen molar-refractivity contribution in [3.05, 3.63) is 52.5 Å². The first kappa shape index (κ1) is 15.4. The average Bonchev–Trinajstić information content (AvgIpc) is 3.24. The highest BCUT2D eigenvalue weighted by atomic mass is 79.9. The number of fused-ring (bicyclic) bond motifs is 1. The zero-order valence-electron chi connectivity index (χ0n) is 13.1. The summed E-state index contributed by atoms with van der Waals surface area (Å²) in [5.74, 6) is 0.666. The third kappa shape index (κ3) is 2.96. The molecular formula is C19H17BrN2O2. The van der Waals surface area contributed by atoms with E-state index in [4.69, 9.17) is 4.52 Å². The Kier molecular flexibility index (Phi) is 4.10. The molecule has 0 saturated heterocycles. The van der Waals surface area contributed by atoms with Gasteiger partial charge in [-0.2, -0.15) is 0 Å². The van der Waals surface area contributed by atoms with Crippen molar-refractivity contribution in [1.29, 1.82) is 0 Å². The Morgan fingerprint density at radius 1 is 1.12 bits per heavy atom. The number of hydrogen-bond acceptors (Lipinski definition) is 3. The van der Waals surface area contributed by atoms with Crippen LogP contribution in [0.25, 0.3) is 22.2 Å². The van der Waals surface area contributed by atoms with Crippen LogP contribution in [0.4, 0.5) is 0 Å². The molecule has 4 rings (SSSR count). The van der Waals surface area contributed by atoms with Crippen molar-refractivity contribution in [3.8, 4) is 11.3 Å². The summed E-state index contributed by atoms with van der Waals surface area (Å²) in [6.07, 6.45) is 4.55. The quantitative estimate of drug-likeness (QED) is 0.696. The van der Waals surface area contributed by atoms with Crippen LogP contribution in [0.5, 0.6) is 0 Å². The standard InChI is InChI=1S/C19H17BrN2O2/c20-14-8-5-12(6-9-14)18-16-11-13(7-10-17(16)22-24-18)19(23)21-15-3-1-2-4-15/h5-11,15H,1-4H2,(H,21,23). The van der Waals surface area contributed by atoms with Crippen molar-refractivity contribution in [2.24, 2.45) is 0 Å². The highest BCUT2D eigenvalue weighted by Gasteiger charge is 2.19. The van der Waals surface area contributed by atoms with Crippen LogP contribution in [0.2, 0.25) is 0 Å². The summed E-state index contributed by atoms with van der Waals surface area (Å²) in [6, 6.07) is 13.7. The minimum atomic E-state index is -0.0215. The Morgan fingerprint density at radius 2 is 1.88 bits per heavy atom. The van der Waals surface area contributed by atoms with Gasteiger partial charge in [0.1, 0.15) is 5.52 Å². The SMILES string of the molecule is O=C(NC1CCCC1)c1ccc2noc(-c3ccc(Br)cc3)c2c1. The number of benzene rings is 2. The fraction of sp³-hybridized carbons (Fsp3) is 0.263. The Labute approximate surface area is 148 Å². The molecule has 1 heterocycles. The number of amides is 1. The molecule has 1 aliphatic rings. The van der Waals surface area contributed by atoms with Crippen LogP contribution in [0, 0.1) is 0 Å². The van der Waals surface area contributed by atoms with Gasteiger partial charge in [0.15, 0.2) is 5.76 Å². The summed E-state index contributed by atoms with van der Waals surface area (Å²) in [4.78, 5) is 12.5. The molecule has 1 N–H and O–H groups in total. The monoisotopic (exact) mass is 384 g/mol. The van der Waals surface area contributed by atoms with Gasteiger partial charge in [-0.15, -0.1) is 0 Å². The normalized spacial score (nSPS) is 15.0. The first-order valence-electron chi connectivity index (χ1n) is 8.17. The predicted molar refractivity (Wildman–Crippen MR) is 96.9 cm³/mol. The number of carbonyl (C=O) groups is 1. The summed E-state index contributed by atoms with van der Waals surface area (Å²) >= 11 is 3.43. The van der Waals surface area contributed by atoms with Gasteiger partial charge in [-0.1, -0.05) is 33.9 Å². The summed E-state index contributed by atoms with van der Waals surface area (Å²) in [7, 11) is 0. The van der Waals surface area contributed by atoms with E-state index in [-0.39, 0.29) is 5.91 Å². The van der Waals surface area contributed by atoms with E-state index in [1.807, 2.05) is 36.4 Å². The summed E-state index contributed by atoms with van der Waals surface area (Å²) in [5, 5.41) is 8.08. The van der Waals surface area contributed by atoms with Crippen molar-refractivity contribution in [2.75, 3.05) is 0 Å². The van der Waals surface area contributed by atoms with Crippen LogP contribution in [-0.2, 0) is 0 Å². The van der Waals surface area contributed by atoms with E-state index in [0.29, 0.717) is 17.4 Å². The van der Waals surface area contributed by atoms with Crippen molar-refractivity contribution >= 4 is 32.7 Å². The van der Waals surface area contributed by atoms with E-state index in [2.05, 4.69) is 26.4 Å². The van der Waals surface area contributed by atoms with Gasteiger partial charge in [-0.25, -0.2) is 0 Å². The van der Waals surface area contributed by atoms with Crippen molar-refractivity contribution in [1.82, 2.24) is 10.5 Å². The van der Waals surface area contributed by atoms with Gasteiger partial charge in [0.2, 0.25) is 0 Å². The molecule has 0 atom stereocenters. The summed E-state index contributed by atoms with van der Waals surface area (Å²) in [6.45, 7) is 0. The Bertz CT molecular complexity index is 880. The molecule has 122 valence electrons. The molecule has 0 aliphatic heterocycles. The molecular weight excluding hydrogens is 368 g/mol. The molecule has 1 saturated carbocycles. The third-order valence-corrected chi connectivity index (χ3v) is 5.06. The minimum Gasteiger partial charge on any atom is -0.355 e. The minimum absolute atomic E-state index is 0.0215. The first-order chi connectivity index (χ1) is 11.7. The van der Waals surface area contributed by atoms with Gasteiger partial charge in [-0.3, -0.25) is 4.79 Å². The summed E-state index contributed by atoms with van der Waals surface area (Å²) < 4.78 is 6.52. The largest absolute Gasteiger partial charge is 0.355 e. The molecule has 1 aliphatic carbocycles. The van der Waals surface area contributed by atoms with E-state index in [1.165, 1.54) is 12.8 Å². The van der Waals surface area contributed by atoms with E-state index >= 15 is 0 Å². The third-order valence-electron chi connectivity index (χ3n) is 4.54. The lowest BCUT2D eigenvalue weighted by Crippen LogP contribution is -2.32. The van der Waals surface area contributed by atoms with Crippen LogP contribution >= 0.6 is 15.9 Å². The van der Waals surface area contributed by atoms with Gasteiger partial charge in [-0.05, 0) is 55.3 Å². The molecule has 1 amide bonds. The van der Waals surface area contributed by atoms with Gasteiger partial charge < -0.3 is 9.84 Å². The second-order valence-electron chi connectivity index (χ2n) is 6.21. The smallest absolute Gasteiger partial charge is 0.251 e. The maximum Gasteiger partial charge on any atom is 0.251 e. The number of aromatic nitrogens is 1. The predicted octanol–water partition coefficient (Wildman–Crippen LogP) is 4.93. The zero-order chi connectivity index (χ0) is 16.5. The van der Waals surface area contributed by atoms with Crippen molar-refractivity contribution in [3.63, 3.8) is 0 Å². The first-order valence-corrected chi connectivity index (χ1v) is 8.96. The molecule has 2 aromatic carbocycles. The molecule has 1 fully saturated rings. The van der Waals surface area contributed by atoms with E-state index in [9.17, 15) is 4.79 Å². The van der Waals surface area contributed by atoms with Gasteiger partial charge in [0.25, 0.3) is 5.91 Å². The highest BCUT2D eigenvalue weighted by molar-refractivity contribution is 9.10. The number of carbonyl (C=O) groups excluding carboxylic acids is 1. The number of halogens is 1. The van der Waals surface area contributed by atoms with Crippen molar-refractivity contribution in [2.45, 2.75) is 31.7 Å². The average molecular weight is 385 g/mol. The maximum absolute atomic E-state index is 12.5. The molecule has 1 aromatic heterocycles. The van der Waals surface area contributed by atoms with Crippen LogP contribution in [0.1, 0.15) is 36.0 Å². The summed E-state index contributed by atoms with van der Waals surface area (Å²) in [5.41, 5.74) is 2.34. The highest BCUT2D eigenvalue weighted by Crippen LogP contribution is 2.30. The van der Waals surface area contributed by atoms with Crippen molar-refractivity contribution < 1.29 is 9.32 Å². The maximum atomic E-state index is 12.5. The Hall–Kier alpha value is -2.14. The second kappa shape index (κ2) is 6.40. The topological polar surface area (TPSA) is 55.1 Å². The molecule has 0 unspecified atom stereocenters. The number of nitrogens with one attached hydrogen (secondary N) is 1. The molecule has 4 nitrogen and oxygen atoms in total. The van der Waals surface area contributed by atoms with Crippen LogP contribution in [0.15, 0.2) is 51.5 Å². The molecule has 24 heavy (non-hydrogen) atoms. The lowest BCUT2D eigenvalue weighted by molar-refractivity contribution is 0.0938. The van der Waals surface area contributed by atoms with Gasteiger partial charge in [0, 0.05) is 21.6 Å². The van der Waals surface area contributed by atoms with Crippen LogP contribution < -0.4 is 5.32 Å². The van der Waals surface area contributed by atoms with Crippen LogP contribution in [0.3, 0.4) is 0 Å².